The quantitative estimate of drug-likeness (QED) is 0.881. The largest absolute Gasteiger partial charge is 0.492 e. The second-order valence-corrected chi connectivity index (χ2v) is 6.71. The first-order valence-corrected chi connectivity index (χ1v) is 8.46. The van der Waals surface area contributed by atoms with E-state index in [-0.39, 0.29) is 6.04 Å². The molecule has 0 fully saturated rings. The van der Waals surface area contributed by atoms with Crippen LogP contribution >= 0.6 is 0 Å². The molecular formula is C19H23N5O. The van der Waals surface area contributed by atoms with Gasteiger partial charge < -0.3 is 20.0 Å². The van der Waals surface area contributed by atoms with Gasteiger partial charge in [-0.2, -0.15) is 0 Å². The molecule has 0 saturated heterocycles. The molecule has 6 nitrogen and oxygen atoms in total. The minimum absolute atomic E-state index is 0.214. The molecule has 0 spiro atoms. The number of rotatable bonds is 5. The molecule has 1 aromatic carbocycles. The molecule has 0 amide bonds. The number of hydrogen-bond acceptors (Lipinski definition) is 5. The Kier molecular flexibility index (Phi) is 4.07. The number of nitrogens with one attached hydrogen (secondary N) is 2. The third-order valence-corrected chi connectivity index (χ3v) is 4.57. The fourth-order valence-corrected chi connectivity index (χ4v) is 3.20. The normalized spacial score (nSPS) is 18.7. The van der Waals surface area contributed by atoms with Crippen molar-refractivity contribution in [2.24, 2.45) is 4.99 Å². The van der Waals surface area contributed by atoms with E-state index in [1.807, 2.05) is 45.7 Å². The average molecular weight is 337 g/mol. The van der Waals surface area contributed by atoms with Crippen LogP contribution in [0.15, 0.2) is 47.1 Å². The van der Waals surface area contributed by atoms with E-state index in [2.05, 4.69) is 43.5 Å². The van der Waals surface area contributed by atoms with E-state index in [1.165, 1.54) is 11.1 Å². The van der Waals surface area contributed by atoms with Gasteiger partial charge in [0.2, 0.25) is 0 Å². The molecule has 25 heavy (non-hydrogen) atoms. The van der Waals surface area contributed by atoms with Crippen molar-refractivity contribution in [2.75, 3.05) is 34.3 Å². The fraction of sp³-hybridized carbons (Fsp3) is 0.316. The number of hydrazine groups is 1. The van der Waals surface area contributed by atoms with Crippen molar-refractivity contribution in [1.82, 2.24) is 20.3 Å². The van der Waals surface area contributed by atoms with Crippen LogP contribution in [-0.2, 0) is 0 Å². The first-order valence-electron chi connectivity index (χ1n) is 8.46. The van der Waals surface area contributed by atoms with E-state index in [0.717, 1.165) is 29.4 Å². The van der Waals surface area contributed by atoms with Gasteiger partial charge in [0.1, 0.15) is 18.2 Å². The minimum Gasteiger partial charge on any atom is -0.492 e. The molecule has 3 heterocycles. The van der Waals surface area contributed by atoms with Crippen LogP contribution in [-0.4, -0.2) is 55.4 Å². The molecule has 0 radical (unpaired) electrons. The predicted octanol–water partition coefficient (Wildman–Crippen LogP) is 2.71. The van der Waals surface area contributed by atoms with Crippen molar-refractivity contribution in [3.63, 3.8) is 0 Å². The van der Waals surface area contributed by atoms with Crippen molar-refractivity contribution in [1.29, 1.82) is 0 Å². The number of hydrogen-bond donors (Lipinski definition) is 2. The molecule has 0 saturated carbocycles. The summed E-state index contributed by atoms with van der Waals surface area (Å²) in [5, 5.41) is 2.10. The van der Waals surface area contributed by atoms with Gasteiger partial charge in [0.05, 0.1) is 6.04 Å². The third-order valence-electron chi connectivity index (χ3n) is 4.57. The maximum absolute atomic E-state index is 5.76. The summed E-state index contributed by atoms with van der Waals surface area (Å²) in [6.45, 7) is 1.59. The van der Waals surface area contributed by atoms with E-state index in [4.69, 9.17) is 4.74 Å². The van der Waals surface area contributed by atoms with Gasteiger partial charge in [-0.1, -0.05) is 0 Å². The molecule has 2 N–H and O–H groups in total. The Morgan fingerprint density at radius 1 is 1.24 bits per heavy atom. The lowest BCUT2D eigenvalue weighted by molar-refractivity contribution is 0.253. The maximum atomic E-state index is 5.76. The molecule has 6 heteroatoms. The summed E-state index contributed by atoms with van der Waals surface area (Å²) in [7, 11) is 6.13. The predicted molar refractivity (Wildman–Crippen MR) is 100 cm³/mol. The number of nitrogens with zero attached hydrogens (tertiary/aromatic N) is 3. The lowest BCUT2D eigenvalue weighted by Gasteiger charge is -2.23. The van der Waals surface area contributed by atoms with E-state index in [1.54, 1.807) is 0 Å². The van der Waals surface area contributed by atoms with Crippen LogP contribution < -0.4 is 10.2 Å². The number of aromatic nitrogens is 1. The van der Waals surface area contributed by atoms with Crippen LogP contribution in [0.2, 0.25) is 0 Å². The Hall–Kier alpha value is -2.57. The molecule has 1 atom stereocenters. The van der Waals surface area contributed by atoms with Crippen LogP contribution in [0.25, 0.3) is 11.3 Å². The summed E-state index contributed by atoms with van der Waals surface area (Å²) in [5.41, 5.74) is 7.82. The van der Waals surface area contributed by atoms with Gasteiger partial charge in [0, 0.05) is 42.8 Å². The molecule has 4 rings (SSSR count). The monoisotopic (exact) mass is 337 g/mol. The average Bonchev–Trinajstić information content (AvgIpc) is 3.18. The van der Waals surface area contributed by atoms with Crippen molar-refractivity contribution in [3.05, 3.63) is 47.7 Å². The Morgan fingerprint density at radius 2 is 2.04 bits per heavy atom. The summed E-state index contributed by atoms with van der Waals surface area (Å²) in [6.07, 6.45) is 3.93. The number of ether oxygens (including phenoxy) is 1. The smallest absolute Gasteiger partial charge is 0.135 e. The van der Waals surface area contributed by atoms with Gasteiger partial charge >= 0.3 is 0 Å². The standard InChI is InChI=1S/C19H23N5O/c1-23(2)8-9-25-15-6-4-13(5-7-15)17-10-16-18-14(12-21-24(18)3)11-20-19(16)22-17/h4-7,10-12,18,21-22H,8-9H2,1-3H3. The second-order valence-electron chi connectivity index (χ2n) is 6.71. The minimum atomic E-state index is 0.214. The lowest BCUT2D eigenvalue weighted by atomic mass is 10.00. The molecule has 2 aromatic rings. The molecule has 1 aromatic heterocycles. The number of H-pyrrole nitrogens is 1. The summed E-state index contributed by atoms with van der Waals surface area (Å²) < 4.78 is 5.76. The van der Waals surface area contributed by atoms with E-state index in [9.17, 15) is 0 Å². The van der Waals surface area contributed by atoms with Gasteiger partial charge in [-0.05, 0) is 50.0 Å². The summed E-state index contributed by atoms with van der Waals surface area (Å²) in [5.74, 6) is 1.82. The fourth-order valence-electron chi connectivity index (χ4n) is 3.20. The highest BCUT2D eigenvalue weighted by Crippen LogP contribution is 2.40. The lowest BCUT2D eigenvalue weighted by Crippen LogP contribution is -2.29. The van der Waals surface area contributed by atoms with Crippen LogP contribution in [0.4, 0.5) is 5.82 Å². The van der Waals surface area contributed by atoms with Gasteiger partial charge in [0.25, 0.3) is 0 Å². The Morgan fingerprint density at radius 3 is 2.80 bits per heavy atom. The molecule has 130 valence electrons. The highest BCUT2D eigenvalue weighted by Gasteiger charge is 2.31. The summed E-state index contributed by atoms with van der Waals surface area (Å²) in [4.78, 5) is 10.1. The third kappa shape index (κ3) is 3.06. The first-order chi connectivity index (χ1) is 12.1. The molecule has 0 aliphatic carbocycles. The van der Waals surface area contributed by atoms with E-state index < -0.39 is 0 Å². The van der Waals surface area contributed by atoms with Crippen LogP contribution in [0.3, 0.4) is 0 Å². The van der Waals surface area contributed by atoms with Gasteiger partial charge in [0.15, 0.2) is 0 Å². The summed E-state index contributed by atoms with van der Waals surface area (Å²) in [6, 6.07) is 10.6. The zero-order valence-electron chi connectivity index (χ0n) is 14.8. The second kappa shape index (κ2) is 6.38. The molecule has 2 aliphatic heterocycles. The molecule has 1 unspecified atom stereocenters. The number of aliphatic imine (C=N–C) groups is 1. The van der Waals surface area contributed by atoms with Crippen LogP contribution in [0.1, 0.15) is 11.6 Å². The zero-order valence-corrected chi connectivity index (χ0v) is 14.8. The molecule has 2 aliphatic rings. The SMILES string of the molecule is CN(C)CCOc1ccc(-c2cc3c([nH]2)N=CC2=CNN(C)C23)cc1. The summed E-state index contributed by atoms with van der Waals surface area (Å²) >= 11 is 0. The highest BCUT2D eigenvalue weighted by atomic mass is 16.5. The zero-order chi connectivity index (χ0) is 17.4. The van der Waals surface area contributed by atoms with Gasteiger partial charge in [-0.3, -0.25) is 0 Å². The van der Waals surface area contributed by atoms with Crippen molar-refractivity contribution in [2.45, 2.75) is 6.04 Å². The number of benzene rings is 1. The van der Waals surface area contributed by atoms with Crippen molar-refractivity contribution < 1.29 is 4.74 Å². The van der Waals surface area contributed by atoms with Crippen LogP contribution in [0.5, 0.6) is 5.75 Å². The highest BCUT2D eigenvalue weighted by molar-refractivity contribution is 5.87. The Balaban J connectivity index is 1.53. The van der Waals surface area contributed by atoms with Gasteiger partial charge in [-0.25, -0.2) is 10.0 Å². The van der Waals surface area contributed by atoms with E-state index >= 15 is 0 Å². The number of likely N-dealkylation sites (N-methyl/N-ethyl adjacent to an activating group) is 2. The Labute approximate surface area is 147 Å². The van der Waals surface area contributed by atoms with Crippen molar-refractivity contribution in [3.8, 4) is 17.0 Å². The Bertz CT molecular complexity index is 819. The number of fused-ring (bicyclic) bond motifs is 3. The van der Waals surface area contributed by atoms with Crippen LogP contribution in [0, 0.1) is 0 Å². The molecular weight excluding hydrogens is 314 g/mol. The maximum Gasteiger partial charge on any atom is 0.135 e. The number of aromatic amines is 1. The topological polar surface area (TPSA) is 55.9 Å². The molecule has 0 bridgehead atoms. The van der Waals surface area contributed by atoms with E-state index in [0.29, 0.717) is 6.61 Å². The first kappa shape index (κ1) is 15.9. The van der Waals surface area contributed by atoms with Crippen molar-refractivity contribution >= 4 is 12.0 Å². The van der Waals surface area contributed by atoms with Gasteiger partial charge in [-0.15, -0.1) is 0 Å².